The second-order valence-electron chi connectivity index (χ2n) is 4.40. The first-order valence-electron chi connectivity index (χ1n) is 5.93. The van der Waals surface area contributed by atoms with Crippen molar-refractivity contribution >= 4 is 17.3 Å². The van der Waals surface area contributed by atoms with E-state index in [1.54, 1.807) is 25.1 Å². The Bertz CT molecular complexity index is 717. The van der Waals surface area contributed by atoms with E-state index in [4.69, 9.17) is 11.0 Å². The van der Waals surface area contributed by atoms with Crippen molar-refractivity contribution in [3.8, 4) is 6.07 Å². The smallest absolute Gasteiger partial charge is 0.384 e. The maximum absolute atomic E-state index is 12.7. The van der Waals surface area contributed by atoms with Crippen molar-refractivity contribution in [2.75, 3.05) is 11.1 Å². The molecule has 4 nitrogen and oxygen atoms in total. The number of nitriles is 1. The van der Waals surface area contributed by atoms with Gasteiger partial charge in [0.2, 0.25) is 0 Å². The topological polar surface area (TPSA) is 74.7 Å². The number of hydrogen-bond acceptors (Lipinski definition) is 4. The highest BCUT2D eigenvalue weighted by atomic mass is 19.4. The zero-order valence-electron chi connectivity index (χ0n) is 11.0. The van der Waals surface area contributed by atoms with Crippen LogP contribution >= 0.6 is 0 Å². The van der Waals surface area contributed by atoms with E-state index in [-0.39, 0.29) is 11.6 Å². The molecule has 0 aliphatic carbocycles. The van der Waals surface area contributed by atoms with Crippen molar-refractivity contribution in [1.29, 1.82) is 5.26 Å². The second kappa shape index (κ2) is 5.32. The molecule has 2 aromatic rings. The first kappa shape index (κ1) is 14.7. The molecular weight excluding hydrogens is 281 g/mol. The molecule has 0 amide bonds. The number of nitrogens with one attached hydrogen (secondary N) is 1. The number of halogens is 3. The Morgan fingerprint density at radius 3 is 2.62 bits per heavy atom. The SMILES string of the molecule is Cc1cccc(Nc2cc(C(F)(F)F)cc(N)n2)c1C#N. The molecular formula is C14H11F3N4. The van der Waals surface area contributed by atoms with E-state index >= 15 is 0 Å². The van der Waals surface area contributed by atoms with Gasteiger partial charge < -0.3 is 11.1 Å². The third-order valence-electron chi connectivity index (χ3n) is 2.82. The Morgan fingerprint density at radius 1 is 1.29 bits per heavy atom. The summed E-state index contributed by atoms with van der Waals surface area (Å²) in [6.07, 6.45) is -4.52. The quantitative estimate of drug-likeness (QED) is 0.886. The van der Waals surface area contributed by atoms with Gasteiger partial charge in [0, 0.05) is 0 Å². The van der Waals surface area contributed by atoms with E-state index in [1.807, 2.05) is 6.07 Å². The summed E-state index contributed by atoms with van der Waals surface area (Å²) < 4.78 is 38.2. The van der Waals surface area contributed by atoms with Crippen LogP contribution in [0, 0.1) is 18.3 Å². The van der Waals surface area contributed by atoms with E-state index in [1.165, 1.54) is 0 Å². The zero-order valence-corrected chi connectivity index (χ0v) is 11.0. The van der Waals surface area contributed by atoms with Crippen molar-refractivity contribution in [3.05, 3.63) is 47.0 Å². The van der Waals surface area contributed by atoms with Gasteiger partial charge >= 0.3 is 6.18 Å². The van der Waals surface area contributed by atoms with Crippen molar-refractivity contribution in [1.82, 2.24) is 4.98 Å². The van der Waals surface area contributed by atoms with E-state index in [0.717, 1.165) is 12.1 Å². The number of nitrogens with two attached hydrogens (primary N) is 1. The van der Waals surface area contributed by atoms with Gasteiger partial charge in [0.25, 0.3) is 0 Å². The zero-order chi connectivity index (χ0) is 15.6. The molecule has 0 radical (unpaired) electrons. The summed E-state index contributed by atoms with van der Waals surface area (Å²) in [4.78, 5) is 3.80. The maximum Gasteiger partial charge on any atom is 0.416 e. The highest BCUT2D eigenvalue weighted by Gasteiger charge is 2.31. The molecule has 108 valence electrons. The van der Waals surface area contributed by atoms with E-state index in [0.29, 0.717) is 16.8 Å². The normalized spacial score (nSPS) is 11.0. The fourth-order valence-electron chi connectivity index (χ4n) is 1.84. The van der Waals surface area contributed by atoms with Gasteiger partial charge in [0.1, 0.15) is 17.7 Å². The summed E-state index contributed by atoms with van der Waals surface area (Å²) in [5, 5.41) is 11.8. The van der Waals surface area contributed by atoms with Gasteiger partial charge in [0.05, 0.1) is 16.8 Å². The molecule has 0 aliphatic rings. The average molecular weight is 292 g/mol. The minimum Gasteiger partial charge on any atom is -0.384 e. The lowest BCUT2D eigenvalue weighted by atomic mass is 10.1. The number of nitrogens with zero attached hydrogens (tertiary/aromatic N) is 2. The van der Waals surface area contributed by atoms with Crippen LogP contribution in [0.1, 0.15) is 16.7 Å². The highest BCUT2D eigenvalue weighted by molar-refractivity contribution is 5.67. The minimum absolute atomic E-state index is 0.0653. The van der Waals surface area contributed by atoms with Crippen LogP contribution < -0.4 is 11.1 Å². The Morgan fingerprint density at radius 2 is 2.00 bits per heavy atom. The minimum atomic E-state index is -4.52. The standard InChI is InChI=1S/C14H11F3N4/c1-8-3-2-4-11(10(8)7-18)20-13-6-9(14(15,16)17)5-12(19)21-13/h2-6H,1H3,(H3,19,20,21). The number of pyridine rings is 1. The molecule has 1 aromatic carbocycles. The van der Waals surface area contributed by atoms with Gasteiger partial charge in [-0.05, 0) is 30.7 Å². The lowest BCUT2D eigenvalue weighted by Gasteiger charge is -2.12. The van der Waals surface area contributed by atoms with Crippen LogP contribution in [0.3, 0.4) is 0 Å². The number of alkyl halides is 3. The number of hydrogen-bond donors (Lipinski definition) is 2. The number of anilines is 3. The maximum atomic E-state index is 12.7. The van der Waals surface area contributed by atoms with Crippen LogP contribution in [0.25, 0.3) is 0 Å². The average Bonchev–Trinajstić information content (AvgIpc) is 2.37. The van der Waals surface area contributed by atoms with Gasteiger partial charge in [0.15, 0.2) is 0 Å². The Hall–Kier alpha value is -2.75. The highest BCUT2D eigenvalue weighted by Crippen LogP contribution is 2.32. The van der Waals surface area contributed by atoms with Crippen LogP contribution in [0.5, 0.6) is 0 Å². The molecule has 7 heteroatoms. The molecule has 0 fully saturated rings. The molecule has 21 heavy (non-hydrogen) atoms. The fourth-order valence-corrected chi connectivity index (χ4v) is 1.84. The van der Waals surface area contributed by atoms with Crippen LogP contribution in [0.15, 0.2) is 30.3 Å². The number of rotatable bonds is 2. The Labute approximate surface area is 119 Å². The predicted molar refractivity (Wildman–Crippen MR) is 72.8 cm³/mol. The molecule has 0 aliphatic heterocycles. The van der Waals surface area contributed by atoms with E-state index in [9.17, 15) is 13.2 Å². The molecule has 0 atom stereocenters. The van der Waals surface area contributed by atoms with Crippen LogP contribution in [-0.2, 0) is 6.18 Å². The molecule has 3 N–H and O–H groups in total. The summed E-state index contributed by atoms with van der Waals surface area (Å²) in [6, 6.07) is 8.61. The van der Waals surface area contributed by atoms with Gasteiger partial charge in [-0.3, -0.25) is 0 Å². The lowest BCUT2D eigenvalue weighted by Crippen LogP contribution is -2.08. The van der Waals surface area contributed by atoms with Crippen molar-refractivity contribution in [2.24, 2.45) is 0 Å². The second-order valence-corrected chi connectivity index (χ2v) is 4.40. The van der Waals surface area contributed by atoms with Gasteiger partial charge in [-0.15, -0.1) is 0 Å². The van der Waals surface area contributed by atoms with Crippen LogP contribution in [0.2, 0.25) is 0 Å². The third kappa shape index (κ3) is 3.23. The van der Waals surface area contributed by atoms with Crippen LogP contribution in [0.4, 0.5) is 30.5 Å². The molecule has 2 rings (SSSR count). The van der Waals surface area contributed by atoms with Gasteiger partial charge in [-0.1, -0.05) is 12.1 Å². The third-order valence-corrected chi connectivity index (χ3v) is 2.82. The summed E-state index contributed by atoms with van der Waals surface area (Å²) in [7, 11) is 0. The monoisotopic (exact) mass is 292 g/mol. The first-order chi connectivity index (χ1) is 9.81. The summed E-state index contributed by atoms with van der Waals surface area (Å²) in [5.74, 6) is -0.317. The lowest BCUT2D eigenvalue weighted by molar-refractivity contribution is -0.137. The summed E-state index contributed by atoms with van der Waals surface area (Å²) in [5.41, 5.74) is 5.93. The molecule has 0 saturated heterocycles. The number of benzene rings is 1. The van der Waals surface area contributed by atoms with Crippen molar-refractivity contribution < 1.29 is 13.2 Å². The van der Waals surface area contributed by atoms with Crippen LogP contribution in [-0.4, -0.2) is 4.98 Å². The van der Waals surface area contributed by atoms with E-state index < -0.39 is 11.7 Å². The fraction of sp³-hybridized carbons (Fsp3) is 0.143. The molecule has 0 saturated carbocycles. The number of aromatic nitrogens is 1. The number of nitrogen functional groups attached to an aromatic ring is 1. The van der Waals surface area contributed by atoms with Gasteiger partial charge in [-0.2, -0.15) is 18.4 Å². The van der Waals surface area contributed by atoms with Crippen molar-refractivity contribution in [3.63, 3.8) is 0 Å². The Kier molecular flexibility index (Phi) is 3.72. The van der Waals surface area contributed by atoms with Gasteiger partial charge in [-0.25, -0.2) is 4.98 Å². The molecule has 0 unspecified atom stereocenters. The summed E-state index contributed by atoms with van der Waals surface area (Å²) in [6.45, 7) is 1.73. The number of aryl methyl sites for hydroxylation is 1. The molecule has 0 bridgehead atoms. The molecule has 0 spiro atoms. The predicted octanol–water partition coefficient (Wildman–Crippen LogP) is 3.61. The summed E-state index contributed by atoms with van der Waals surface area (Å²) >= 11 is 0. The van der Waals surface area contributed by atoms with Crippen molar-refractivity contribution in [2.45, 2.75) is 13.1 Å². The first-order valence-corrected chi connectivity index (χ1v) is 5.93. The Balaban J connectivity index is 2.44. The van der Waals surface area contributed by atoms with E-state index in [2.05, 4.69) is 10.3 Å². The molecule has 1 heterocycles. The largest absolute Gasteiger partial charge is 0.416 e. The molecule has 1 aromatic heterocycles.